The summed E-state index contributed by atoms with van der Waals surface area (Å²) < 4.78 is 5.88. The summed E-state index contributed by atoms with van der Waals surface area (Å²) in [5.41, 5.74) is 1.37. The lowest BCUT2D eigenvalue weighted by molar-refractivity contribution is -0.128. The van der Waals surface area contributed by atoms with Gasteiger partial charge in [0.05, 0.1) is 12.7 Å². The van der Waals surface area contributed by atoms with Crippen LogP contribution in [0, 0.1) is 0 Å². The second kappa shape index (κ2) is 8.15. The molecule has 0 spiro atoms. The number of amides is 1. The van der Waals surface area contributed by atoms with E-state index in [-0.39, 0.29) is 5.91 Å². The van der Waals surface area contributed by atoms with Gasteiger partial charge in [0, 0.05) is 40.2 Å². The summed E-state index contributed by atoms with van der Waals surface area (Å²) in [7, 11) is 1.81. The fourth-order valence-electron chi connectivity index (χ4n) is 2.59. The first-order chi connectivity index (χ1) is 10.1. The molecule has 1 heterocycles. The number of benzene rings is 1. The Labute approximate surface area is 127 Å². The van der Waals surface area contributed by atoms with Crippen molar-refractivity contribution in [3.8, 4) is 0 Å². The van der Waals surface area contributed by atoms with Gasteiger partial charge in [0.1, 0.15) is 0 Å². The van der Waals surface area contributed by atoms with Crippen LogP contribution in [0.25, 0.3) is 0 Å². The highest BCUT2D eigenvalue weighted by Gasteiger charge is 2.19. The van der Waals surface area contributed by atoms with Crippen molar-refractivity contribution in [2.75, 3.05) is 33.3 Å². The first-order valence-electron chi connectivity index (χ1n) is 7.74. The number of piperidine rings is 1. The van der Waals surface area contributed by atoms with Crippen LogP contribution in [0.5, 0.6) is 0 Å². The standard InChI is InChI=1S/C17H26N2O2/c1-15(20)18(2)12-13-21-17-8-10-19(11-9-17)14-16-6-4-3-5-7-16/h3-7,17H,8-14H2,1-2H3. The normalized spacial score (nSPS) is 16.9. The van der Waals surface area contributed by atoms with E-state index in [4.69, 9.17) is 4.74 Å². The van der Waals surface area contributed by atoms with Gasteiger partial charge in [-0.25, -0.2) is 0 Å². The minimum absolute atomic E-state index is 0.0938. The molecular formula is C17H26N2O2. The van der Waals surface area contributed by atoms with E-state index in [2.05, 4.69) is 35.2 Å². The van der Waals surface area contributed by atoms with Crippen molar-refractivity contribution < 1.29 is 9.53 Å². The zero-order chi connectivity index (χ0) is 15.1. The molecule has 4 nitrogen and oxygen atoms in total. The summed E-state index contributed by atoms with van der Waals surface area (Å²) in [6.45, 7) is 6.10. The summed E-state index contributed by atoms with van der Waals surface area (Å²) >= 11 is 0. The van der Waals surface area contributed by atoms with E-state index in [9.17, 15) is 4.79 Å². The maximum atomic E-state index is 11.1. The average Bonchev–Trinajstić information content (AvgIpc) is 2.50. The fourth-order valence-corrected chi connectivity index (χ4v) is 2.59. The number of hydrogen-bond acceptors (Lipinski definition) is 3. The molecule has 1 aromatic rings. The second-order valence-electron chi connectivity index (χ2n) is 5.77. The lowest BCUT2D eigenvalue weighted by Crippen LogP contribution is -2.37. The molecule has 0 radical (unpaired) electrons. The highest BCUT2D eigenvalue weighted by atomic mass is 16.5. The molecule has 0 aromatic heterocycles. The second-order valence-corrected chi connectivity index (χ2v) is 5.77. The van der Waals surface area contributed by atoms with Crippen molar-refractivity contribution in [3.05, 3.63) is 35.9 Å². The number of carbonyl (C=O) groups excluding carboxylic acids is 1. The summed E-state index contributed by atoms with van der Waals surface area (Å²) in [6.07, 6.45) is 2.50. The molecule has 2 rings (SSSR count). The van der Waals surface area contributed by atoms with Crippen molar-refractivity contribution in [1.29, 1.82) is 0 Å². The van der Waals surface area contributed by atoms with Crippen molar-refractivity contribution in [2.24, 2.45) is 0 Å². The molecule has 0 bridgehead atoms. The number of likely N-dealkylation sites (N-methyl/N-ethyl adjacent to an activating group) is 1. The monoisotopic (exact) mass is 290 g/mol. The van der Waals surface area contributed by atoms with Gasteiger partial charge in [0.15, 0.2) is 0 Å². The molecule has 0 N–H and O–H groups in total. The Balaban J connectivity index is 1.63. The zero-order valence-electron chi connectivity index (χ0n) is 13.1. The Morgan fingerprint density at radius 2 is 1.95 bits per heavy atom. The van der Waals surface area contributed by atoms with Gasteiger partial charge in [-0.3, -0.25) is 9.69 Å². The van der Waals surface area contributed by atoms with Gasteiger partial charge < -0.3 is 9.64 Å². The van der Waals surface area contributed by atoms with Crippen LogP contribution in [0.1, 0.15) is 25.3 Å². The van der Waals surface area contributed by atoms with Crippen LogP contribution < -0.4 is 0 Å². The number of rotatable bonds is 6. The molecule has 0 unspecified atom stereocenters. The molecule has 1 fully saturated rings. The molecule has 1 aliphatic heterocycles. The third kappa shape index (κ3) is 5.48. The van der Waals surface area contributed by atoms with Crippen molar-refractivity contribution in [3.63, 3.8) is 0 Å². The Morgan fingerprint density at radius 3 is 2.57 bits per heavy atom. The molecule has 1 saturated heterocycles. The Morgan fingerprint density at radius 1 is 1.29 bits per heavy atom. The molecule has 0 saturated carbocycles. The van der Waals surface area contributed by atoms with Gasteiger partial charge in [-0.2, -0.15) is 0 Å². The van der Waals surface area contributed by atoms with Crippen LogP contribution in [-0.2, 0) is 16.1 Å². The van der Waals surface area contributed by atoms with E-state index >= 15 is 0 Å². The van der Waals surface area contributed by atoms with Gasteiger partial charge in [-0.05, 0) is 18.4 Å². The summed E-state index contributed by atoms with van der Waals surface area (Å²) in [5, 5.41) is 0. The van der Waals surface area contributed by atoms with Crippen LogP contribution in [0.4, 0.5) is 0 Å². The summed E-state index contributed by atoms with van der Waals surface area (Å²) in [5.74, 6) is 0.0938. The molecule has 0 atom stereocenters. The number of ether oxygens (including phenoxy) is 1. The predicted octanol–water partition coefficient (Wildman–Crippen LogP) is 2.15. The first-order valence-corrected chi connectivity index (χ1v) is 7.74. The largest absolute Gasteiger partial charge is 0.376 e. The topological polar surface area (TPSA) is 32.8 Å². The quantitative estimate of drug-likeness (QED) is 0.805. The summed E-state index contributed by atoms with van der Waals surface area (Å²) in [6, 6.07) is 10.6. The van der Waals surface area contributed by atoms with Gasteiger partial charge in [-0.15, -0.1) is 0 Å². The number of likely N-dealkylation sites (tertiary alicyclic amines) is 1. The number of hydrogen-bond donors (Lipinski definition) is 0. The molecule has 4 heteroatoms. The highest BCUT2D eigenvalue weighted by molar-refractivity contribution is 5.72. The Hall–Kier alpha value is -1.39. The van der Waals surface area contributed by atoms with Crippen LogP contribution in [-0.4, -0.2) is 55.1 Å². The molecular weight excluding hydrogens is 264 g/mol. The third-order valence-electron chi connectivity index (χ3n) is 4.10. The van der Waals surface area contributed by atoms with Crippen LogP contribution in [0.2, 0.25) is 0 Å². The van der Waals surface area contributed by atoms with Crippen molar-refractivity contribution >= 4 is 5.91 Å². The van der Waals surface area contributed by atoms with Crippen LogP contribution >= 0.6 is 0 Å². The molecule has 1 aromatic carbocycles. The molecule has 116 valence electrons. The predicted molar refractivity (Wildman–Crippen MR) is 84.0 cm³/mol. The third-order valence-corrected chi connectivity index (χ3v) is 4.10. The SMILES string of the molecule is CC(=O)N(C)CCOC1CCN(Cc2ccccc2)CC1. The van der Waals surface area contributed by atoms with Gasteiger partial charge in [-0.1, -0.05) is 30.3 Å². The first kappa shape index (κ1) is 16.0. The Bertz CT molecular complexity index is 428. The lowest BCUT2D eigenvalue weighted by Gasteiger charge is -2.32. The van der Waals surface area contributed by atoms with E-state index in [1.165, 1.54) is 5.56 Å². The minimum atomic E-state index is 0.0938. The van der Waals surface area contributed by atoms with E-state index in [0.717, 1.165) is 32.5 Å². The van der Waals surface area contributed by atoms with Gasteiger partial charge >= 0.3 is 0 Å². The number of carbonyl (C=O) groups is 1. The van der Waals surface area contributed by atoms with Crippen LogP contribution in [0.15, 0.2) is 30.3 Å². The van der Waals surface area contributed by atoms with Gasteiger partial charge in [0.2, 0.25) is 5.91 Å². The molecule has 1 amide bonds. The fraction of sp³-hybridized carbons (Fsp3) is 0.588. The van der Waals surface area contributed by atoms with Gasteiger partial charge in [0.25, 0.3) is 0 Å². The van der Waals surface area contributed by atoms with Crippen molar-refractivity contribution in [1.82, 2.24) is 9.80 Å². The smallest absolute Gasteiger partial charge is 0.219 e. The Kier molecular flexibility index (Phi) is 6.21. The van der Waals surface area contributed by atoms with Crippen LogP contribution in [0.3, 0.4) is 0 Å². The van der Waals surface area contributed by atoms with E-state index in [1.54, 1.807) is 11.8 Å². The average molecular weight is 290 g/mol. The molecule has 0 aliphatic carbocycles. The maximum Gasteiger partial charge on any atom is 0.219 e. The maximum absolute atomic E-state index is 11.1. The van der Waals surface area contributed by atoms with E-state index < -0.39 is 0 Å². The summed E-state index contributed by atoms with van der Waals surface area (Å²) in [4.78, 5) is 15.3. The van der Waals surface area contributed by atoms with E-state index in [1.807, 2.05) is 7.05 Å². The molecule has 21 heavy (non-hydrogen) atoms. The minimum Gasteiger partial charge on any atom is -0.376 e. The highest BCUT2D eigenvalue weighted by Crippen LogP contribution is 2.16. The lowest BCUT2D eigenvalue weighted by atomic mass is 10.1. The molecule has 1 aliphatic rings. The van der Waals surface area contributed by atoms with E-state index in [0.29, 0.717) is 19.3 Å². The number of nitrogens with zero attached hydrogens (tertiary/aromatic N) is 2. The van der Waals surface area contributed by atoms with Crippen molar-refractivity contribution in [2.45, 2.75) is 32.4 Å². The zero-order valence-corrected chi connectivity index (χ0v) is 13.1.